The number of hydrazone groups is 1. The highest BCUT2D eigenvalue weighted by molar-refractivity contribution is 9.10. The highest BCUT2D eigenvalue weighted by Gasteiger charge is 2.15. The monoisotopic (exact) mass is 349 g/mol. The maximum atomic E-state index is 11.2. The Kier molecular flexibility index (Phi) is 5.71. The number of halogens is 2. The lowest BCUT2D eigenvalue weighted by molar-refractivity contribution is -0.384. The Balaban J connectivity index is 2.93. The van der Waals surface area contributed by atoms with Gasteiger partial charge in [0.15, 0.2) is 0 Å². The van der Waals surface area contributed by atoms with E-state index in [0.29, 0.717) is 4.47 Å². The molecule has 0 aliphatic heterocycles. The van der Waals surface area contributed by atoms with Gasteiger partial charge in [0.05, 0.1) is 11.5 Å². The van der Waals surface area contributed by atoms with Crippen molar-refractivity contribution in [2.45, 2.75) is 6.92 Å². The summed E-state index contributed by atoms with van der Waals surface area (Å²) in [7, 11) is 0. The van der Waals surface area contributed by atoms with E-state index in [9.17, 15) is 14.9 Å². The van der Waals surface area contributed by atoms with E-state index in [1.165, 1.54) is 18.2 Å². The van der Waals surface area contributed by atoms with Crippen molar-refractivity contribution in [3.8, 4) is 0 Å². The first-order chi connectivity index (χ1) is 8.95. The van der Waals surface area contributed by atoms with E-state index in [2.05, 4.69) is 31.2 Å². The predicted molar refractivity (Wildman–Crippen MR) is 74.3 cm³/mol. The molecule has 0 aliphatic rings. The van der Waals surface area contributed by atoms with Gasteiger partial charge in [-0.2, -0.15) is 5.10 Å². The van der Waals surface area contributed by atoms with Crippen LogP contribution in [-0.2, 0) is 9.53 Å². The number of ether oxygens (including phenoxy) is 1. The number of carbonyl (C=O) groups excluding carboxylic acids is 1. The fourth-order valence-corrected chi connectivity index (χ4v) is 1.56. The zero-order valence-corrected chi connectivity index (χ0v) is 12.1. The molecule has 0 amide bonds. The van der Waals surface area contributed by atoms with E-state index in [0.717, 1.165) is 0 Å². The number of esters is 1. The van der Waals surface area contributed by atoms with Crippen LogP contribution in [0.1, 0.15) is 6.92 Å². The summed E-state index contributed by atoms with van der Waals surface area (Å²) < 4.78 is 5.22. The Morgan fingerprint density at radius 3 is 2.89 bits per heavy atom. The standard InChI is InChI=1S/C10H9BrClN3O4/c1-2-19-10(16)9(12)14-13-7-5-6(11)3-4-8(7)15(17)18/h3-5,13H,2H2,1H3. The minimum Gasteiger partial charge on any atom is -0.461 e. The number of nitro groups is 1. The van der Waals surface area contributed by atoms with Crippen LogP contribution in [0.2, 0.25) is 0 Å². The third-order valence-electron chi connectivity index (χ3n) is 1.87. The first kappa shape index (κ1) is 15.4. The molecular formula is C10H9BrClN3O4. The molecule has 0 aliphatic carbocycles. The van der Waals surface area contributed by atoms with Crippen LogP contribution in [0.25, 0.3) is 0 Å². The molecule has 0 heterocycles. The molecule has 1 aromatic carbocycles. The van der Waals surface area contributed by atoms with Gasteiger partial charge in [-0.25, -0.2) is 4.79 Å². The highest BCUT2D eigenvalue weighted by Crippen LogP contribution is 2.27. The zero-order valence-electron chi connectivity index (χ0n) is 9.72. The van der Waals surface area contributed by atoms with E-state index >= 15 is 0 Å². The summed E-state index contributed by atoms with van der Waals surface area (Å²) in [6.07, 6.45) is 0. The first-order valence-corrected chi connectivity index (χ1v) is 6.23. The summed E-state index contributed by atoms with van der Waals surface area (Å²) in [6.45, 7) is 1.77. The average molecular weight is 351 g/mol. The van der Waals surface area contributed by atoms with Crippen molar-refractivity contribution in [3.63, 3.8) is 0 Å². The molecule has 1 rings (SSSR count). The molecule has 0 saturated heterocycles. The molecule has 0 aromatic heterocycles. The van der Waals surface area contributed by atoms with E-state index in [1.54, 1.807) is 6.92 Å². The second kappa shape index (κ2) is 7.05. The maximum Gasteiger partial charge on any atom is 0.370 e. The molecule has 9 heteroatoms. The van der Waals surface area contributed by atoms with Crippen LogP contribution >= 0.6 is 27.5 Å². The fraction of sp³-hybridized carbons (Fsp3) is 0.200. The van der Waals surface area contributed by atoms with Crippen LogP contribution in [0.15, 0.2) is 27.8 Å². The first-order valence-electron chi connectivity index (χ1n) is 5.06. The van der Waals surface area contributed by atoms with Crippen LogP contribution in [0.4, 0.5) is 11.4 Å². The summed E-state index contributed by atoms with van der Waals surface area (Å²) >= 11 is 8.73. The molecule has 0 spiro atoms. The summed E-state index contributed by atoms with van der Waals surface area (Å²) in [5.41, 5.74) is 2.26. The molecule has 0 atom stereocenters. The number of rotatable bonds is 5. The van der Waals surface area contributed by atoms with E-state index in [-0.39, 0.29) is 18.0 Å². The predicted octanol–water partition coefficient (Wildman–Crippen LogP) is 2.88. The molecular weight excluding hydrogens is 341 g/mol. The topological polar surface area (TPSA) is 93.8 Å². The Hall–Kier alpha value is -1.67. The summed E-state index contributed by atoms with van der Waals surface area (Å²) in [5, 5.41) is 13.9. The van der Waals surface area contributed by atoms with Crippen LogP contribution in [0.3, 0.4) is 0 Å². The van der Waals surface area contributed by atoms with Gasteiger partial charge in [0, 0.05) is 10.5 Å². The largest absolute Gasteiger partial charge is 0.461 e. The number of nitrogens with one attached hydrogen (secondary N) is 1. The molecule has 102 valence electrons. The normalized spacial score (nSPS) is 11.0. The van der Waals surface area contributed by atoms with Gasteiger partial charge in [-0.05, 0) is 19.1 Å². The molecule has 0 unspecified atom stereocenters. The lowest BCUT2D eigenvalue weighted by Crippen LogP contribution is -2.13. The van der Waals surface area contributed by atoms with Gasteiger partial charge in [0.1, 0.15) is 5.69 Å². The third-order valence-corrected chi connectivity index (χ3v) is 2.61. The van der Waals surface area contributed by atoms with Crippen LogP contribution in [-0.4, -0.2) is 22.7 Å². The smallest absolute Gasteiger partial charge is 0.370 e. The average Bonchev–Trinajstić information content (AvgIpc) is 2.35. The van der Waals surface area contributed by atoms with Gasteiger partial charge in [0.2, 0.25) is 5.17 Å². The summed E-state index contributed by atoms with van der Waals surface area (Å²) in [5.74, 6) is -0.811. The number of hydrogen-bond acceptors (Lipinski definition) is 6. The van der Waals surface area contributed by atoms with Crippen molar-refractivity contribution in [2.24, 2.45) is 5.10 Å². The van der Waals surface area contributed by atoms with Crippen LogP contribution in [0, 0.1) is 10.1 Å². The fourth-order valence-electron chi connectivity index (χ4n) is 1.10. The second-order valence-electron chi connectivity index (χ2n) is 3.15. The van der Waals surface area contributed by atoms with Gasteiger partial charge < -0.3 is 4.74 Å². The zero-order chi connectivity index (χ0) is 14.4. The molecule has 1 N–H and O–H groups in total. The number of carbonyl (C=O) groups is 1. The van der Waals surface area contributed by atoms with Gasteiger partial charge in [-0.1, -0.05) is 27.5 Å². The number of benzene rings is 1. The minimum absolute atomic E-state index is 0.0989. The van der Waals surface area contributed by atoms with Gasteiger partial charge in [-0.3, -0.25) is 15.5 Å². The highest BCUT2D eigenvalue weighted by atomic mass is 79.9. The second-order valence-corrected chi connectivity index (χ2v) is 4.43. The lowest BCUT2D eigenvalue weighted by atomic mass is 10.3. The van der Waals surface area contributed by atoms with Gasteiger partial charge >= 0.3 is 5.97 Å². The molecule has 0 saturated carbocycles. The maximum absolute atomic E-state index is 11.2. The van der Waals surface area contributed by atoms with Crippen molar-refractivity contribution < 1.29 is 14.5 Å². The van der Waals surface area contributed by atoms with Crippen molar-refractivity contribution >= 4 is 50.0 Å². The number of nitro benzene ring substituents is 1. The molecule has 0 bridgehead atoms. The van der Waals surface area contributed by atoms with Crippen LogP contribution in [0.5, 0.6) is 0 Å². The Labute approximate surface area is 121 Å². The van der Waals surface area contributed by atoms with Crippen LogP contribution < -0.4 is 5.43 Å². The number of anilines is 1. The Bertz CT molecular complexity index is 536. The van der Waals surface area contributed by atoms with E-state index in [4.69, 9.17) is 11.6 Å². The van der Waals surface area contributed by atoms with Crippen molar-refractivity contribution in [2.75, 3.05) is 12.0 Å². The van der Waals surface area contributed by atoms with E-state index < -0.39 is 16.1 Å². The molecule has 19 heavy (non-hydrogen) atoms. The number of hydrogen-bond donors (Lipinski definition) is 1. The molecule has 0 radical (unpaired) electrons. The van der Waals surface area contributed by atoms with Crippen molar-refractivity contribution in [3.05, 3.63) is 32.8 Å². The van der Waals surface area contributed by atoms with Gasteiger partial charge in [0.25, 0.3) is 5.69 Å². The molecule has 0 fully saturated rings. The van der Waals surface area contributed by atoms with Crippen molar-refractivity contribution in [1.29, 1.82) is 0 Å². The summed E-state index contributed by atoms with van der Waals surface area (Å²) in [6, 6.07) is 4.25. The molecule has 7 nitrogen and oxygen atoms in total. The van der Waals surface area contributed by atoms with Gasteiger partial charge in [-0.15, -0.1) is 0 Å². The number of nitrogens with zero attached hydrogens (tertiary/aromatic N) is 2. The quantitative estimate of drug-likeness (QED) is 0.381. The van der Waals surface area contributed by atoms with E-state index in [1.807, 2.05) is 0 Å². The Morgan fingerprint density at radius 2 is 2.32 bits per heavy atom. The molecule has 1 aromatic rings. The minimum atomic E-state index is -0.811. The summed E-state index contributed by atoms with van der Waals surface area (Å²) in [4.78, 5) is 21.4. The lowest BCUT2D eigenvalue weighted by Gasteiger charge is -2.03. The SMILES string of the molecule is CCOC(=O)C(Cl)=NNc1cc(Br)ccc1[N+](=O)[O-]. The third kappa shape index (κ3) is 4.49. The Morgan fingerprint density at radius 1 is 1.63 bits per heavy atom. The van der Waals surface area contributed by atoms with Crippen molar-refractivity contribution in [1.82, 2.24) is 0 Å².